The number of quaternary nitrogens is 1. The quantitative estimate of drug-likeness (QED) is 0.496. The summed E-state index contributed by atoms with van der Waals surface area (Å²) < 4.78 is 20.8. The molecule has 0 bridgehead atoms. The first kappa shape index (κ1) is 18.7. The van der Waals surface area contributed by atoms with Gasteiger partial charge in [-0.2, -0.15) is 0 Å². The minimum atomic E-state index is -0.523. The van der Waals surface area contributed by atoms with E-state index in [1.807, 2.05) is 18.3 Å². The van der Waals surface area contributed by atoms with Crippen LogP contribution >= 0.6 is 0 Å². The molecule has 1 heterocycles. The number of hydrogen-bond acceptors (Lipinski definition) is 2. The van der Waals surface area contributed by atoms with Gasteiger partial charge < -0.3 is 19.3 Å². The number of terminal acetylenes is 1. The molecule has 5 heteroatoms. The normalized spacial score (nSPS) is 16.2. The molecule has 4 nitrogen and oxygen atoms in total. The van der Waals surface area contributed by atoms with Crippen LogP contribution in [0.4, 0.5) is 4.39 Å². The molecule has 26 heavy (non-hydrogen) atoms. The highest BCUT2D eigenvalue weighted by atomic mass is 19.1. The second-order valence-corrected chi connectivity index (χ2v) is 6.94. The lowest BCUT2D eigenvalue weighted by molar-refractivity contribution is -0.928. The molecule has 1 unspecified atom stereocenters. The van der Waals surface area contributed by atoms with Crippen molar-refractivity contribution in [1.29, 1.82) is 0 Å². The van der Waals surface area contributed by atoms with Gasteiger partial charge in [0.2, 0.25) is 0 Å². The van der Waals surface area contributed by atoms with Gasteiger partial charge in [-0.15, -0.1) is 6.42 Å². The van der Waals surface area contributed by atoms with Gasteiger partial charge >= 0.3 is 0 Å². The van der Waals surface area contributed by atoms with E-state index < -0.39 is 6.10 Å². The standard InChI is InChI=1S/C21H25FN2O2/c1-2-11-26-16-21(25)15-24(19-8-9-19)14-20-7-4-10-23(20)13-17-5-3-6-18(22)12-17/h1,3-7,10,12,19,21,25H,8-9,11,13-16H2/p+1/t21-/m1/s1. The van der Waals surface area contributed by atoms with Crippen LogP contribution in [0.5, 0.6) is 0 Å². The lowest BCUT2D eigenvalue weighted by Crippen LogP contribution is -3.13. The molecule has 0 amide bonds. The van der Waals surface area contributed by atoms with Crippen molar-refractivity contribution in [3.63, 3.8) is 0 Å². The zero-order valence-corrected chi connectivity index (χ0v) is 14.9. The Labute approximate surface area is 154 Å². The maximum Gasteiger partial charge on any atom is 0.126 e. The minimum Gasteiger partial charge on any atom is -0.385 e. The van der Waals surface area contributed by atoms with Crippen molar-refractivity contribution in [2.24, 2.45) is 0 Å². The average molecular weight is 357 g/mol. The van der Waals surface area contributed by atoms with Crippen LogP contribution in [0, 0.1) is 18.2 Å². The van der Waals surface area contributed by atoms with Gasteiger partial charge in [-0.05, 0) is 29.8 Å². The number of hydrogen-bond donors (Lipinski definition) is 2. The van der Waals surface area contributed by atoms with Crippen LogP contribution in [0.2, 0.25) is 0 Å². The summed E-state index contributed by atoms with van der Waals surface area (Å²) in [7, 11) is 0. The molecule has 0 spiro atoms. The Kier molecular flexibility index (Phi) is 6.45. The third kappa shape index (κ3) is 5.43. The maximum absolute atomic E-state index is 13.4. The van der Waals surface area contributed by atoms with Gasteiger partial charge in [0, 0.05) is 25.6 Å². The monoisotopic (exact) mass is 357 g/mol. The largest absolute Gasteiger partial charge is 0.385 e. The van der Waals surface area contributed by atoms with Gasteiger partial charge in [-0.3, -0.25) is 0 Å². The van der Waals surface area contributed by atoms with Crippen LogP contribution in [-0.4, -0.2) is 41.6 Å². The molecule has 1 saturated carbocycles. The molecule has 2 N–H and O–H groups in total. The third-order valence-corrected chi connectivity index (χ3v) is 4.72. The highest BCUT2D eigenvalue weighted by Crippen LogP contribution is 2.16. The molecule has 2 atom stereocenters. The smallest absolute Gasteiger partial charge is 0.126 e. The van der Waals surface area contributed by atoms with Gasteiger partial charge in [-0.25, -0.2) is 4.39 Å². The van der Waals surface area contributed by atoms with Crippen LogP contribution in [0.15, 0.2) is 42.6 Å². The van der Waals surface area contributed by atoms with Crippen molar-refractivity contribution in [1.82, 2.24) is 4.57 Å². The molecule has 1 aliphatic carbocycles. The number of aliphatic hydroxyl groups is 1. The number of aromatic nitrogens is 1. The number of halogens is 1. The lowest BCUT2D eigenvalue weighted by atomic mass is 10.2. The van der Waals surface area contributed by atoms with Gasteiger partial charge in [0.1, 0.15) is 31.6 Å². The Morgan fingerprint density at radius 2 is 2.19 bits per heavy atom. The highest BCUT2D eigenvalue weighted by Gasteiger charge is 2.35. The van der Waals surface area contributed by atoms with Crippen LogP contribution in [0.1, 0.15) is 24.1 Å². The van der Waals surface area contributed by atoms with Gasteiger partial charge in [0.15, 0.2) is 0 Å². The zero-order valence-electron chi connectivity index (χ0n) is 14.9. The van der Waals surface area contributed by atoms with Crippen LogP contribution in [-0.2, 0) is 17.8 Å². The Bertz CT molecular complexity index is 748. The van der Waals surface area contributed by atoms with Gasteiger partial charge in [0.25, 0.3) is 0 Å². The summed E-state index contributed by atoms with van der Waals surface area (Å²) in [5.74, 6) is 2.20. The maximum atomic E-state index is 13.4. The van der Waals surface area contributed by atoms with Crippen LogP contribution in [0.25, 0.3) is 0 Å². The van der Waals surface area contributed by atoms with Crippen molar-refractivity contribution in [3.8, 4) is 12.3 Å². The Morgan fingerprint density at radius 3 is 2.92 bits per heavy atom. The topological polar surface area (TPSA) is 38.8 Å². The first-order chi connectivity index (χ1) is 12.7. The lowest BCUT2D eigenvalue weighted by Gasteiger charge is -2.23. The summed E-state index contributed by atoms with van der Waals surface area (Å²) in [5, 5.41) is 10.2. The van der Waals surface area contributed by atoms with Gasteiger partial charge in [0.05, 0.1) is 18.3 Å². The molecule has 0 radical (unpaired) electrons. The van der Waals surface area contributed by atoms with E-state index in [2.05, 4.69) is 16.6 Å². The Morgan fingerprint density at radius 1 is 1.35 bits per heavy atom. The van der Waals surface area contributed by atoms with Crippen LogP contribution in [0.3, 0.4) is 0 Å². The fourth-order valence-corrected chi connectivity index (χ4v) is 3.32. The van der Waals surface area contributed by atoms with E-state index in [9.17, 15) is 9.50 Å². The third-order valence-electron chi connectivity index (χ3n) is 4.72. The van der Waals surface area contributed by atoms with Crippen molar-refractivity contribution in [2.75, 3.05) is 19.8 Å². The number of ether oxygens (including phenoxy) is 1. The second-order valence-electron chi connectivity index (χ2n) is 6.94. The number of benzene rings is 1. The average Bonchev–Trinajstić information content (AvgIpc) is 3.37. The predicted octanol–water partition coefficient (Wildman–Crippen LogP) is 1.23. The molecule has 0 aliphatic heterocycles. The van der Waals surface area contributed by atoms with Crippen molar-refractivity contribution < 1.29 is 19.1 Å². The molecule has 1 aromatic heterocycles. The summed E-state index contributed by atoms with van der Waals surface area (Å²) in [6.45, 7) is 2.61. The SMILES string of the molecule is C#CCOC[C@H](O)C[NH+](Cc1cccn1Cc1cccc(F)c1)C1CC1. The molecule has 1 fully saturated rings. The highest BCUT2D eigenvalue weighted by molar-refractivity contribution is 5.18. The van der Waals surface area contributed by atoms with E-state index in [0.717, 1.165) is 12.1 Å². The van der Waals surface area contributed by atoms with E-state index in [4.69, 9.17) is 11.2 Å². The van der Waals surface area contributed by atoms with Crippen molar-refractivity contribution in [2.45, 2.75) is 38.1 Å². The summed E-state index contributed by atoms with van der Waals surface area (Å²) >= 11 is 0. The van der Waals surface area contributed by atoms with Crippen molar-refractivity contribution >= 4 is 0 Å². The summed E-state index contributed by atoms with van der Waals surface area (Å²) in [5.41, 5.74) is 2.13. The van der Waals surface area contributed by atoms with E-state index in [0.29, 0.717) is 19.1 Å². The van der Waals surface area contributed by atoms with E-state index in [-0.39, 0.29) is 19.0 Å². The van der Waals surface area contributed by atoms with Gasteiger partial charge in [-0.1, -0.05) is 18.1 Å². The predicted molar refractivity (Wildman–Crippen MR) is 98.1 cm³/mol. The fraction of sp³-hybridized carbons (Fsp3) is 0.429. The number of nitrogens with one attached hydrogen (secondary N) is 1. The zero-order chi connectivity index (χ0) is 18.4. The second kappa shape index (κ2) is 9.00. The van der Waals surface area contributed by atoms with E-state index in [1.54, 1.807) is 12.1 Å². The molecular formula is C21H26FN2O2+. The molecule has 0 saturated heterocycles. The first-order valence-electron chi connectivity index (χ1n) is 9.08. The summed E-state index contributed by atoms with van der Waals surface area (Å²) in [4.78, 5) is 1.36. The molecule has 3 rings (SSSR count). The molecule has 2 aromatic rings. The summed E-state index contributed by atoms with van der Waals surface area (Å²) in [6.07, 6.45) is 9.05. The van der Waals surface area contributed by atoms with E-state index >= 15 is 0 Å². The fourth-order valence-electron chi connectivity index (χ4n) is 3.32. The first-order valence-corrected chi connectivity index (χ1v) is 9.08. The number of rotatable bonds is 10. The number of aliphatic hydroxyl groups excluding tert-OH is 1. The Balaban J connectivity index is 1.61. The summed E-state index contributed by atoms with van der Waals surface area (Å²) in [6, 6.07) is 11.4. The van der Waals surface area contributed by atoms with Crippen molar-refractivity contribution in [3.05, 3.63) is 59.7 Å². The van der Waals surface area contributed by atoms with E-state index in [1.165, 1.54) is 29.5 Å². The molecule has 1 aliphatic rings. The Hall–Kier alpha value is -2.13. The van der Waals surface area contributed by atoms with Crippen LogP contribution < -0.4 is 4.90 Å². The molecular weight excluding hydrogens is 331 g/mol. The molecule has 1 aromatic carbocycles. The minimum absolute atomic E-state index is 0.212. The molecule has 138 valence electrons. The number of nitrogens with zero attached hydrogens (tertiary/aromatic N) is 1.